The van der Waals surface area contributed by atoms with E-state index in [9.17, 15) is 16.8 Å². The minimum absolute atomic E-state index is 0.0628. The molecule has 0 amide bonds. The number of nitrogens with zero attached hydrogens (tertiary/aromatic N) is 1. The van der Waals surface area contributed by atoms with Crippen LogP contribution in [0.4, 0.5) is 5.69 Å². The molecule has 0 spiro atoms. The van der Waals surface area contributed by atoms with Gasteiger partial charge in [-0.1, -0.05) is 42.5 Å². The number of anilines is 1. The van der Waals surface area contributed by atoms with Crippen LogP contribution in [0.5, 0.6) is 0 Å². The summed E-state index contributed by atoms with van der Waals surface area (Å²) >= 11 is 0. The van der Waals surface area contributed by atoms with E-state index in [1.54, 1.807) is 54.6 Å². The number of primary sulfonamides is 1. The van der Waals surface area contributed by atoms with Crippen LogP contribution in [0.15, 0.2) is 71.6 Å². The van der Waals surface area contributed by atoms with Crippen LogP contribution in [0.25, 0.3) is 34.3 Å². The first-order chi connectivity index (χ1) is 15.1. The highest BCUT2D eigenvalue weighted by molar-refractivity contribution is 7.92. The number of nitrogens with two attached hydrogens (primary N) is 1. The van der Waals surface area contributed by atoms with Crippen molar-refractivity contribution in [2.75, 3.05) is 11.0 Å². The third-order valence-electron chi connectivity index (χ3n) is 4.65. The van der Waals surface area contributed by atoms with Crippen LogP contribution in [-0.4, -0.2) is 33.1 Å². The second-order valence-corrected chi connectivity index (χ2v) is 10.5. The van der Waals surface area contributed by atoms with Crippen molar-refractivity contribution in [3.8, 4) is 11.1 Å². The van der Waals surface area contributed by atoms with Crippen molar-refractivity contribution in [3.63, 3.8) is 0 Å². The van der Waals surface area contributed by atoms with Crippen molar-refractivity contribution in [2.45, 2.75) is 4.90 Å². The van der Waals surface area contributed by atoms with E-state index in [4.69, 9.17) is 5.14 Å². The van der Waals surface area contributed by atoms with E-state index in [1.165, 1.54) is 6.07 Å². The molecule has 0 atom stereocenters. The predicted octanol–water partition coefficient (Wildman–Crippen LogP) is 3.42. The van der Waals surface area contributed by atoms with Crippen LogP contribution in [0.2, 0.25) is 0 Å². The highest BCUT2D eigenvalue weighted by Gasteiger charge is 2.15. The second kappa shape index (κ2) is 8.23. The molecule has 0 aliphatic rings. The average Bonchev–Trinajstić information content (AvgIpc) is 3.14. The van der Waals surface area contributed by atoms with E-state index in [-0.39, 0.29) is 4.90 Å². The zero-order chi connectivity index (χ0) is 22.9. The summed E-state index contributed by atoms with van der Waals surface area (Å²) in [6.45, 7) is 0. The Bertz CT molecular complexity index is 1540. The van der Waals surface area contributed by atoms with Crippen LogP contribution in [0.1, 0.15) is 11.4 Å². The van der Waals surface area contributed by atoms with Crippen LogP contribution in [0, 0.1) is 0 Å². The van der Waals surface area contributed by atoms with Crippen LogP contribution < -0.4 is 9.86 Å². The quantitative estimate of drug-likeness (QED) is 0.398. The SMILES string of the molecule is CS(=O)(=O)Nc1ccc(C=Cc2nc3ccc(-c4ccccc4S(N)(=O)=O)cc3[nH]2)cc1. The fourth-order valence-electron chi connectivity index (χ4n) is 3.28. The summed E-state index contributed by atoms with van der Waals surface area (Å²) in [5, 5.41) is 5.36. The van der Waals surface area contributed by atoms with Gasteiger partial charge < -0.3 is 4.98 Å². The molecule has 4 aromatic rings. The van der Waals surface area contributed by atoms with Gasteiger partial charge in [-0.05, 0) is 47.5 Å². The molecule has 0 saturated heterocycles. The molecule has 0 saturated carbocycles. The summed E-state index contributed by atoms with van der Waals surface area (Å²) < 4.78 is 48.8. The van der Waals surface area contributed by atoms with Gasteiger partial charge >= 0.3 is 0 Å². The van der Waals surface area contributed by atoms with E-state index in [0.29, 0.717) is 22.6 Å². The number of hydrogen-bond acceptors (Lipinski definition) is 5. The first kappa shape index (κ1) is 21.8. The molecule has 4 N–H and O–H groups in total. The molecule has 1 heterocycles. The van der Waals surface area contributed by atoms with Gasteiger partial charge in [0.05, 0.1) is 22.2 Å². The Morgan fingerprint density at radius 3 is 2.34 bits per heavy atom. The molecule has 4 rings (SSSR count). The predicted molar refractivity (Wildman–Crippen MR) is 127 cm³/mol. The van der Waals surface area contributed by atoms with Crippen molar-refractivity contribution in [1.29, 1.82) is 0 Å². The van der Waals surface area contributed by atoms with E-state index >= 15 is 0 Å². The first-order valence-corrected chi connectivity index (χ1v) is 12.9. The van der Waals surface area contributed by atoms with Crippen molar-refractivity contribution in [1.82, 2.24) is 9.97 Å². The van der Waals surface area contributed by atoms with Crippen LogP contribution in [-0.2, 0) is 20.0 Å². The van der Waals surface area contributed by atoms with Crippen molar-refractivity contribution < 1.29 is 16.8 Å². The third kappa shape index (κ3) is 5.05. The number of sulfonamides is 2. The molecule has 0 fully saturated rings. The molecule has 1 aromatic heterocycles. The number of aromatic amines is 1. The minimum Gasteiger partial charge on any atom is -0.338 e. The molecule has 0 radical (unpaired) electrons. The largest absolute Gasteiger partial charge is 0.338 e. The Hall–Kier alpha value is -3.47. The van der Waals surface area contributed by atoms with Gasteiger partial charge in [0.15, 0.2) is 0 Å². The molecule has 0 unspecified atom stereocenters. The Morgan fingerprint density at radius 1 is 0.938 bits per heavy atom. The second-order valence-electron chi connectivity index (χ2n) is 7.22. The third-order valence-corrected chi connectivity index (χ3v) is 6.23. The topological polar surface area (TPSA) is 135 Å². The number of aromatic nitrogens is 2. The lowest BCUT2D eigenvalue weighted by Gasteiger charge is -2.07. The van der Waals surface area contributed by atoms with Gasteiger partial charge in [0.1, 0.15) is 5.82 Å². The molecular formula is C22H20N4O4S2. The lowest BCUT2D eigenvalue weighted by Crippen LogP contribution is -2.13. The van der Waals surface area contributed by atoms with E-state index in [2.05, 4.69) is 14.7 Å². The smallest absolute Gasteiger partial charge is 0.238 e. The number of hydrogen-bond donors (Lipinski definition) is 3. The number of rotatable bonds is 6. The fraction of sp³-hybridized carbons (Fsp3) is 0.0455. The maximum atomic E-state index is 11.9. The van der Waals surface area contributed by atoms with Gasteiger partial charge in [-0.2, -0.15) is 0 Å². The first-order valence-electron chi connectivity index (χ1n) is 9.46. The average molecular weight is 469 g/mol. The van der Waals surface area contributed by atoms with Crippen molar-refractivity contribution in [3.05, 3.63) is 78.1 Å². The highest BCUT2D eigenvalue weighted by atomic mass is 32.2. The number of imidazole rings is 1. The van der Waals surface area contributed by atoms with Crippen molar-refractivity contribution >= 4 is 48.9 Å². The normalized spacial score (nSPS) is 12.4. The maximum Gasteiger partial charge on any atom is 0.238 e. The van der Waals surface area contributed by atoms with Gasteiger partial charge in [0, 0.05) is 11.3 Å². The summed E-state index contributed by atoms with van der Waals surface area (Å²) in [5.74, 6) is 0.621. The minimum atomic E-state index is -3.86. The highest BCUT2D eigenvalue weighted by Crippen LogP contribution is 2.29. The molecule has 0 bridgehead atoms. The van der Waals surface area contributed by atoms with Gasteiger partial charge in [-0.3, -0.25) is 4.72 Å². The van der Waals surface area contributed by atoms with Gasteiger partial charge in [-0.15, -0.1) is 0 Å². The molecule has 3 aromatic carbocycles. The molecule has 164 valence electrons. The van der Waals surface area contributed by atoms with E-state index in [0.717, 1.165) is 22.9 Å². The van der Waals surface area contributed by atoms with E-state index in [1.807, 2.05) is 18.2 Å². The lowest BCUT2D eigenvalue weighted by atomic mass is 10.1. The summed E-state index contributed by atoms with van der Waals surface area (Å²) in [7, 11) is -7.18. The molecule has 10 heteroatoms. The van der Waals surface area contributed by atoms with E-state index < -0.39 is 20.0 Å². The Morgan fingerprint density at radius 2 is 1.66 bits per heavy atom. The summed E-state index contributed by atoms with van der Waals surface area (Å²) in [5.41, 5.74) is 4.06. The summed E-state index contributed by atoms with van der Waals surface area (Å²) in [6.07, 6.45) is 4.75. The summed E-state index contributed by atoms with van der Waals surface area (Å²) in [6, 6.07) is 18.9. The summed E-state index contributed by atoms with van der Waals surface area (Å²) in [4.78, 5) is 7.79. The van der Waals surface area contributed by atoms with Crippen molar-refractivity contribution in [2.24, 2.45) is 5.14 Å². The van der Waals surface area contributed by atoms with Gasteiger partial charge in [0.25, 0.3) is 0 Å². The molecule has 32 heavy (non-hydrogen) atoms. The Kier molecular flexibility index (Phi) is 5.59. The molecule has 0 aliphatic heterocycles. The molecule has 0 aliphatic carbocycles. The molecule has 8 nitrogen and oxygen atoms in total. The number of benzene rings is 3. The standard InChI is InChI=1S/C22H20N4O4S2/c1-31(27,28)26-17-10-6-15(7-11-17)8-13-22-24-19-12-9-16(14-20(19)25-22)18-4-2-3-5-21(18)32(23,29)30/h2-14,26H,1H3,(H,24,25)(H2,23,29,30). The zero-order valence-corrected chi connectivity index (χ0v) is 18.6. The van der Waals surface area contributed by atoms with Crippen LogP contribution in [0.3, 0.4) is 0 Å². The fourth-order valence-corrected chi connectivity index (χ4v) is 4.61. The zero-order valence-electron chi connectivity index (χ0n) is 17.0. The van der Waals surface area contributed by atoms with Gasteiger partial charge in [0.2, 0.25) is 20.0 Å². The van der Waals surface area contributed by atoms with Gasteiger partial charge in [-0.25, -0.2) is 27.0 Å². The number of nitrogens with one attached hydrogen (secondary N) is 2. The monoisotopic (exact) mass is 468 g/mol. The maximum absolute atomic E-state index is 11.9. The number of fused-ring (bicyclic) bond motifs is 1. The Labute approximate surface area is 185 Å². The molecular weight excluding hydrogens is 448 g/mol. The Balaban J connectivity index is 1.61. The van der Waals surface area contributed by atoms with Crippen LogP contribution >= 0.6 is 0 Å². The number of H-pyrrole nitrogens is 1. The lowest BCUT2D eigenvalue weighted by molar-refractivity contribution is 0.597.